The van der Waals surface area contributed by atoms with Crippen LogP contribution in [0, 0.1) is 0 Å². The van der Waals surface area contributed by atoms with Crippen molar-refractivity contribution in [3.63, 3.8) is 0 Å². The minimum Gasteiger partial charge on any atom is -0.489 e. The second-order valence-corrected chi connectivity index (χ2v) is 25.8. The van der Waals surface area contributed by atoms with Crippen LogP contribution in [0.1, 0.15) is 117 Å². The van der Waals surface area contributed by atoms with Crippen LogP contribution in [0.15, 0.2) is 120 Å². The Morgan fingerprint density at radius 2 is 1.70 bits per heavy atom. The maximum absolute atomic E-state index is 14.7. The van der Waals surface area contributed by atoms with Gasteiger partial charge in [0, 0.05) is 79.6 Å². The average Bonchev–Trinajstić information content (AvgIpc) is 4.37. The van der Waals surface area contributed by atoms with Crippen molar-refractivity contribution in [1.29, 1.82) is 0 Å². The summed E-state index contributed by atoms with van der Waals surface area (Å²) in [4.78, 5) is 47.9. The zero-order valence-electron chi connectivity index (χ0n) is 46.7. The number of aromatic nitrogens is 4. The molecule has 11 rings (SSSR count). The molecule has 3 aliphatic heterocycles. The van der Waals surface area contributed by atoms with Gasteiger partial charge in [-0.1, -0.05) is 72.3 Å². The van der Waals surface area contributed by atoms with E-state index in [-0.39, 0.29) is 42.8 Å². The number of H-pyrrole nitrogens is 1. The number of benzene rings is 3. The molecule has 5 aliphatic rings. The molecule has 3 aromatic carbocycles. The Bertz CT molecular complexity index is 3450. The van der Waals surface area contributed by atoms with Crippen LogP contribution in [0.25, 0.3) is 32.9 Å². The fraction of sp³-hybridized carbons (Fsp3) is 0.484. The predicted octanol–water partition coefficient (Wildman–Crippen LogP) is 10.6. The van der Waals surface area contributed by atoms with Gasteiger partial charge < -0.3 is 38.5 Å². The van der Waals surface area contributed by atoms with Crippen molar-refractivity contribution in [1.82, 2.24) is 28.7 Å². The standard InChI is InChI=1S/C62H75N7O9S/c1-41-16-11-13-29-61(41,7)79(72,73)69-32-28-50-52(36-63-57(70)55(50)69)45-22-25-53-51(34-45)56(65-58(64-53)66-30-26-47(27-31-66)67-37-43(3)68(38-42(67)2)59(71)78-60(4,5)6)62(77-48-23-24-48,40-76-54-21-12-14-33-74-54)46-19-15-20-49(35-46)75-39-44-17-9-8-10-18-44/h8-11,13,15-20,22,25,28,32,34-36,42-43,47-48,54H,12,14,21,23-24,26-27,29-31,33,37-40H2,1-7H3,(H,63,70)/t42-,43+,54?,61?,62+/m0/s1. The first-order chi connectivity index (χ1) is 37.9. The van der Waals surface area contributed by atoms with Gasteiger partial charge in [0.05, 0.1) is 23.9 Å². The Hall–Kier alpha value is -6.37. The van der Waals surface area contributed by atoms with Gasteiger partial charge in [0.2, 0.25) is 16.0 Å². The number of allylic oxidation sites excluding steroid dienone is 3. The molecule has 5 atom stereocenters. The third-order valence-electron chi connectivity index (χ3n) is 16.7. The summed E-state index contributed by atoms with van der Waals surface area (Å²) in [5, 5.41) is 1.20. The van der Waals surface area contributed by atoms with E-state index in [4.69, 9.17) is 33.7 Å². The van der Waals surface area contributed by atoms with E-state index in [1.807, 2.05) is 118 Å². The molecule has 418 valence electrons. The van der Waals surface area contributed by atoms with Crippen LogP contribution in [0.4, 0.5) is 10.7 Å². The predicted molar refractivity (Wildman–Crippen MR) is 307 cm³/mol. The summed E-state index contributed by atoms with van der Waals surface area (Å²) >= 11 is 0. The van der Waals surface area contributed by atoms with Gasteiger partial charge in [-0.3, -0.25) is 9.69 Å². The topological polar surface area (TPSA) is 171 Å². The molecule has 2 aliphatic carbocycles. The lowest BCUT2D eigenvalue weighted by Gasteiger charge is -2.49. The molecule has 3 saturated heterocycles. The smallest absolute Gasteiger partial charge is 0.410 e. The summed E-state index contributed by atoms with van der Waals surface area (Å²) in [6.45, 7) is 17.3. The summed E-state index contributed by atoms with van der Waals surface area (Å²) in [6, 6.07) is 26.3. The molecule has 0 spiro atoms. The lowest BCUT2D eigenvalue weighted by molar-refractivity contribution is -0.197. The van der Waals surface area contributed by atoms with Crippen molar-refractivity contribution in [2.75, 3.05) is 44.3 Å². The molecule has 0 radical (unpaired) electrons. The molecule has 1 N–H and O–H groups in total. The number of ether oxygens (including phenoxy) is 5. The number of carbonyl (C=O) groups is 1. The molecule has 4 fully saturated rings. The summed E-state index contributed by atoms with van der Waals surface area (Å²) < 4.78 is 62.2. The lowest BCUT2D eigenvalue weighted by atomic mass is 9.87. The van der Waals surface area contributed by atoms with Crippen molar-refractivity contribution in [3.8, 4) is 16.9 Å². The Balaban J connectivity index is 1.02. The van der Waals surface area contributed by atoms with Crippen molar-refractivity contribution in [2.45, 2.75) is 153 Å². The van der Waals surface area contributed by atoms with Crippen LogP contribution >= 0.6 is 0 Å². The number of fused-ring (bicyclic) bond motifs is 2. The highest BCUT2D eigenvalue weighted by Gasteiger charge is 2.47. The molecular weight excluding hydrogens is 1020 g/mol. The van der Waals surface area contributed by atoms with E-state index >= 15 is 0 Å². The van der Waals surface area contributed by atoms with Crippen molar-refractivity contribution >= 4 is 43.9 Å². The first-order valence-electron chi connectivity index (χ1n) is 28.2. The Labute approximate surface area is 463 Å². The number of carbonyl (C=O) groups excluding carboxylic acids is 1. The molecule has 16 nitrogen and oxygen atoms in total. The average molecular weight is 1090 g/mol. The number of rotatable bonds is 15. The molecule has 17 heteroatoms. The van der Waals surface area contributed by atoms with Gasteiger partial charge in [0.15, 0.2) is 11.9 Å². The highest BCUT2D eigenvalue weighted by Crippen LogP contribution is 2.46. The first-order valence-corrected chi connectivity index (χ1v) is 29.7. The number of piperidine rings is 1. The van der Waals surface area contributed by atoms with E-state index in [0.717, 1.165) is 72.2 Å². The van der Waals surface area contributed by atoms with E-state index < -0.39 is 37.8 Å². The van der Waals surface area contributed by atoms with Gasteiger partial charge in [0.25, 0.3) is 5.56 Å². The molecule has 0 bridgehead atoms. The van der Waals surface area contributed by atoms with Gasteiger partial charge in [-0.25, -0.2) is 27.2 Å². The summed E-state index contributed by atoms with van der Waals surface area (Å²) in [5.41, 5.74) is 2.83. The van der Waals surface area contributed by atoms with Crippen molar-refractivity contribution in [2.24, 2.45) is 0 Å². The van der Waals surface area contributed by atoms with Gasteiger partial charge in [-0.2, -0.15) is 0 Å². The SMILES string of the molecule is CC1=CC=CCC1(C)S(=O)(=O)n1ccc2c(-c3ccc4nc(N5CCC(N6C[C@@H](C)N(C(=O)OC(C)(C)C)C[C@@H]6C)CC5)nc([C@](COC5CCCCO5)(OC5CC5)c5cccc(OCc6ccccc6)c5)c4c3)c[nH]c(=O)c21. The third kappa shape index (κ3) is 11.0. The maximum atomic E-state index is 14.7. The molecule has 1 saturated carbocycles. The second kappa shape index (κ2) is 21.9. The van der Waals surface area contributed by atoms with E-state index in [0.29, 0.717) is 83.7 Å². The lowest BCUT2D eigenvalue weighted by Crippen LogP contribution is -2.62. The van der Waals surface area contributed by atoms with Gasteiger partial charge in [-0.05, 0) is 147 Å². The highest BCUT2D eigenvalue weighted by atomic mass is 32.2. The quantitative estimate of drug-likeness (QED) is 0.103. The number of pyridine rings is 1. The zero-order valence-corrected chi connectivity index (χ0v) is 47.5. The van der Waals surface area contributed by atoms with E-state index in [1.54, 1.807) is 19.2 Å². The van der Waals surface area contributed by atoms with Crippen LogP contribution < -0.4 is 15.2 Å². The number of amides is 1. The summed E-state index contributed by atoms with van der Waals surface area (Å²) in [5.74, 6) is 1.23. The molecule has 1 amide bonds. The molecule has 79 heavy (non-hydrogen) atoms. The van der Waals surface area contributed by atoms with Crippen LogP contribution in [-0.2, 0) is 41.2 Å². The number of hydrogen-bond acceptors (Lipinski definition) is 13. The Kier molecular flexibility index (Phi) is 15.2. The van der Waals surface area contributed by atoms with Gasteiger partial charge in [-0.15, -0.1) is 0 Å². The largest absolute Gasteiger partial charge is 0.489 e. The molecule has 6 heterocycles. The number of anilines is 1. The van der Waals surface area contributed by atoms with Gasteiger partial charge in [0.1, 0.15) is 28.2 Å². The summed E-state index contributed by atoms with van der Waals surface area (Å²) in [6.07, 6.45) is 14.3. The maximum Gasteiger partial charge on any atom is 0.410 e. The van der Waals surface area contributed by atoms with Crippen LogP contribution in [-0.4, -0.2) is 123 Å². The van der Waals surface area contributed by atoms with E-state index in [1.165, 1.54) is 6.20 Å². The zero-order chi connectivity index (χ0) is 55.3. The minimum absolute atomic E-state index is 0.00653. The van der Waals surface area contributed by atoms with Crippen molar-refractivity contribution in [3.05, 3.63) is 142 Å². The highest BCUT2D eigenvalue weighted by molar-refractivity contribution is 7.91. The van der Waals surface area contributed by atoms with Crippen LogP contribution in [0.3, 0.4) is 0 Å². The molecular formula is C62H75N7O9S. The number of nitrogens with zero attached hydrogens (tertiary/aromatic N) is 6. The van der Waals surface area contributed by atoms with Crippen LogP contribution in [0.2, 0.25) is 0 Å². The van der Waals surface area contributed by atoms with Crippen LogP contribution in [0.5, 0.6) is 5.75 Å². The van der Waals surface area contributed by atoms with Gasteiger partial charge >= 0.3 is 6.09 Å². The number of nitrogens with one attached hydrogen (secondary N) is 1. The van der Waals surface area contributed by atoms with E-state index in [2.05, 4.69) is 34.7 Å². The molecule has 3 aromatic heterocycles. The first kappa shape index (κ1) is 54.6. The Morgan fingerprint density at radius 3 is 2.43 bits per heavy atom. The molecule has 2 unspecified atom stereocenters. The number of aromatic amines is 1. The third-order valence-corrected chi connectivity index (χ3v) is 19.1. The monoisotopic (exact) mass is 1090 g/mol. The fourth-order valence-corrected chi connectivity index (χ4v) is 13.7. The normalized spacial score (nSPS) is 23.4. The van der Waals surface area contributed by atoms with Crippen molar-refractivity contribution < 1.29 is 36.9 Å². The summed E-state index contributed by atoms with van der Waals surface area (Å²) in [7, 11) is -4.11. The minimum atomic E-state index is -4.11. The second-order valence-electron chi connectivity index (χ2n) is 23.5. The number of piperazine rings is 1. The van der Waals surface area contributed by atoms with E-state index in [9.17, 15) is 18.0 Å². The Morgan fingerprint density at radius 1 is 0.899 bits per heavy atom. The molecule has 6 aromatic rings. The number of hydrogen-bond donors (Lipinski definition) is 1. The fourth-order valence-electron chi connectivity index (χ4n) is 11.9.